The van der Waals surface area contributed by atoms with Gasteiger partial charge in [0.05, 0.1) is 16.8 Å². The highest BCUT2D eigenvalue weighted by Crippen LogP contribution is 2.40. The van der Waals surface area contributed by atoms with Crippen LogP contribution in [0.2, 0.25) is 0 Å². The van der Waals surface area contributed by atoms with Crippen molar-refractivity contribution in [2.24, 2.45) is 0 Å². The van der Waals surface area contributed by atoms with Gasteiger partial charge in [0, 0.05) is 43.2 Å². The summed E-state index contributed by atoms with van der Waals surface area (Å²) in [6, 6.07) is 3.36. The molecule has 5 nitrogen and oxygen atoms in total. The summed E-state index contributed by atoms with van der Waals surface area (Å²) < 4.78 is 32.9. The van der Waals surface area contributed by atoms with E-state index in [1.165, 1.54) is 6.07 Å². The molecule has 0 unspecified atom stereocenters. The van der Waals surface area contributed by atoms with Crippen LogP contribution >= 0.6 is 0 Å². The number of hydrogen-bond acceptors (Lipinski definition) is 5. The highest BCUT2D eigenvalue weighted by molar-refractivity contribution is 6.62. The first-order valence-corrected chi connectivity index (χ1v) is 10.7. The SMILES string of the molecule is CC(C)c1c(C2(O)CCOCC2)cnc2c(F)cc(B3OC(C)(C)C(C)(C)O3)cc12. The van der Waals surface area contributed by atoms with E-state index >= 15 is 4.39 Å². The van der Waals surface area contributed by atoms with Crippen molar-refractivity contribution in [1.29, 1.82) is 0 Å². The highest BCUT2D eigenvalue weighted by Gasteiger charge is 2.52. The molecule has 2 aliphatic rings. The normalized spacial score (nSPS) is 22.8. The highest BCUT2D eigenvalue weighted by atomic mass is 19.1. The number of nitrogens with zero attached hydrogens (tertiary/aromatic N) is 1. The van der Waals surface area contributed by atoms with Crippen LogP contribution in [0.25, 0.3) is 10.9 Å². The molecule has 0 radical (unpaired) electrons. The lowest BCUT2D eigenvalue weighted by molar-refractivity contribution is -0.0686. The second-order valence-corrected chi connectivity index (χ2v) is 9.87. The minimum Gasteiger partial charge on any atom is -0.399 e. The number of ether oxygens (including phenoxy) is 1. The molecule has 0 spiro atoms. The van der Waals surface area contributed by atoms with Gasteiger partial charge >= 0.3 is 7.12 Å². The minimum atomic E-state index is -1.02. The molecule has 2 aliphatic heterocycles. The zero-order valence-corrected chi connectivity index (χ0v) is 18.7. The van der Waals surface area contributed by atoms with Gasteiger partial charge in [-0.05, 0) is 50.7 Å². The van der Waals surface area contributed by atoms with E-state index in [4.69, 9.17) is 14.0 Å². The largest absolute Gasteiger partial charge is 0.494 e. The standard InChI is InChI=1S/C23H31BFNO4/c1-14(2)19-16-11-15(24-29-21(3,4)22(5,6)30-24)12-18(25)20(16)26-13-17(19)23(27)7-9-28-10-8-23/h11-14,27H,7-10H2,1-6H3. The van der Waals surface area contributed by atoms with E-state index in [2.05, 4.69) is 18.8 Å². The summed E-state index contributed by atoms with van der Waals surface area (Å²) in [6.07, 6.45) is 2.64. The summed E-state index contributed by atoms with van der Waals surface area (Å²) in [7, 11) is -0.663. The lowest BCUT2D eigenvalue weighted by Crippen LogP contribution is -2.41. The molecule has 2 aromatic rings. The number of fused-ring (bicyclic) bond motifs is 1. The number of benzene rings is 1. The Balaban J connectivity index is 1.88. The third-order valence-electron chi connectivity index (χ3n) is 6.91. The monoisotopic (exact) mass is 415 g/mol. The molecule has 7 heteroatoms. The Labute approximate surface area is 178 Å². The van der Waals surface area contributed by atoms with Crippen LogP contribution in [-0.4, -0.2) is 41.6 Å². The zero-order chi connectivity index (χ0) is 21.9. The van der Waals surface area contributed by atoms with Gasteiger partial charge in [0.25, 0.3) is 0 Å². The van der Waals surface area contributed by atoms with Gasteiger partial charge in [-0.3, -0.25) is 4.98 Å². The van der Waals surface area contributed by atoms with Crippen molar-refractivity contribution in [3.8, 4) is 0 Å². The molecule has 2 fully saturated rings. The van der Waals surface area contributed by atoms with Crippen molar-refractivity contribution in [1.82, 2.24) is 4.98 Å². The lowest BCUT2D eigenvalue weighted by atomic mass is 9.76. The zero-order valence-electron chi connectivity index (χ0n) is 18.7. The molecule has 0 saturated carbocycles. The Kier molecular flexibility index (Phi) is 5.25. The van der Waals surface area contributed by atoms with Crippen molar-refractivity contribution in [2.45, 2.75) is 77.1 Å². The Morgan fingerprint density at radius 3 is 2.23 bits per heavy atom. The summed E-state index contributed by atoms with van der Waals surface area (Å²) in [6.45, 7) is 13.0. The molecule has 3 heterocycles. The number of halogens is 1. The first kappa shape index (κ1) is 21.7. The van der Waals surface area contributed by atoms with Gasteiger partial charge in [0.15, 0.2) is 0 Å². The van der Waals surface area contributed by atoms with E-state index in [1.807, 2.05) is 33.8 Å². The van der Waals surface area contributed by atoms with E-state index in [9.17, 15) is 5.11 Å². The fraction of sp³-hybridized carbons (Fsp3) is 0.609. The Morgan fingerprint density at radius 2 is 1.67 bits per heavy atom. The maximum absolute atomic E-state index is 15.1. The van der Waals surface area contributed by atoms with Crippen LogP contribution in [0.4, 0.5) is 4.39 Å². The fourth-order valence-electron chi connectivity index (χ4n) is 4.39. The fourth-order valence-corrected chi connectivity index (χ4v) is 4.39. The Bertz CT molecular complexity index is 953. The van der Waals surface area contributed by atoms with Crippen LogP contribution < -0.4 is 5.46 Å². The lowest BCUT2D eigenvalue weighted by Gasteiger charge is -2.35. The third kappa shape index (κ3) is 3.46. The van der Waals surface area contributed by atoms with Gasteiger partial charge in [-0.15, -0.1) is 0 Å². The molecule has 4 rings (SSSR count). The molecule has 0 bridgehead atoms. The van der Waals surface area contributed by atoms with E-state index in [-0.39, 0.29) is 5.92 Å². The van der Waals surface area contributed by atoms with E-state index in [0.717, 1.165) is 11.1 Å². The number of hydrogen-bond donors (Lipinski definition) is 1. The van der Waals surface area contributed by atoms with Crippen molar-refractivity contribution < 1.29 is 23.5 Å². The molecule has 1 aromatic carbocycles. The molecular weight excluding hydrogens is 384 g/mol. The van der Waals surface area contributed by atoms with Crippen LogP contribution in [0, 0.1) is 5.82 Å². The van der Waals surface area contributed by atoms with Crippen LogP contribution in [0.5, 0.6) is 0 Å². The summed E-state index contributed by atoms with van der Waals surface area (Å²) in [5.74, 6) is -0.338. The first-order valence-electron chi connectivity index (χ1n) is 10.7. The second-order valence-electron chi connectivity index (χ2n) is 9.87. The van der Waals surface area contributed by atoms with Crippen molar-refractivity contribution >= 4 is 23.5 Å². The molecule has 0 amide bonds. The molecule has 1 aromatic heterocycles. The van der Waals surface area contributed by atoms with Gasteiger partial charge < -0.3 is 19.2 Å². The van der Waals surface area contributed by atoms with Gasteiger partial charge in [-0.1, -0.05) is 19.9 Å². The quantitative estimate of drug-likeness (QED) is 0.773. The van der Waals surface area contributed by atoms with Gasteiger partial charge in [-0.25, -0.2) is 4.39 Å². The molecule has 30 heavy (non-hydrogen) atoms. The van der Waals surface area contributed by atoms with E-state index in [1.54, 1.807) is 6.20 Å². The summed E-state index contributed by atoms with van der Waals surface area (Å²) >= 11 is 0. The smallest absolute Gasteiger partial charge is 0.399 e. The maximum atomic E-state index is 15.1. The van der Waals surface area contributed by atoms with Crippen LogP contribution in [0.3, 0.4) is 0 Å². The van der Waals surface area contributed by atoms with Gasteiger partial charge in [0.2, 0.25) is 0 Å². The van der Waals surface area contributed by atoms with Crippen molar-refractivity contribution in [3.05, 3.63) is 35.3 Å². The summed E-state index contributed by atoms with van der Waals surface area (Å²) in [4.78, 5) is 4.41. The predicted octanol–water partition coefficient (Wildman–Crippen LogP) is 3.79. The van der Waals surface area contributed by atoms with Gasteiger partial charge in [0.1, 0.15) is 11.3 Å². The average Bonchev–Trinajstić information content (AvgIpc) is 2.88. The molecule has 0 atom stereocenters. The van der Waals surface area contributed by atoms with Gasteiger partial charge in [-0.2, -0.15) is 0 Å². The number of rotatable bonds is 3. The predicted molar refractivity (Wildman–Crippen MR) is 115 cm³/mol. The Hall–Kier alpha value is -1.54. The topological polar surface area (TPSA) is 60.8 Å². The molecule has 162 valence electrons. The van der Waals surface area contributed by atoms with Crippen LogP contribution in [0.1, 0.15) is 71.4 Å². The third-order valence-corrected chi connectivity index (χ3v) is 6.91. The number of aromatic nitrogens is 1. The van der Waals surface area contributed by atoms with Crippen molar-refractivity contribution in [3.63, 3.8) is 0 Å². The Morgan fingerprint density at radius 1 is 1.07 bits per heavy atom. The first-order chi connectivity index (χ1) is 14.0. The van der Waals surface area contributed by atoms with E-state index in [0.29, 0.717) is 42.4 Å². The number of pyridine rings is 1. The maximum Gasteiger partial charge on any atom is 0.494 e. The molecule has 2 saturated heterocycles. The molecular formula is C23H31BFNO4. The molecule has 0 aliphatic carbocycles. The molecule has 1 N–H and O–H groups in total. The summed E-state index contributed by atoms with van der Waals surface area (Å²) in [5, 5.41) is 12.1. The summed E-state index contributed by atoms with van der Waals surface area (Å²) in [5.41, 5.74) is 0.565. The number of aliphatic hydroxyl groups is 1. The average molecular weight is 415 g/mol. The van der Waals surface area contributed by atoms with Crippen LogP contribution in [-0.2, 0) is 19.6 Å². The van der Waals surface area contributed by atoms with Crippen molar-refractivity contribution in [2.75, 3.05) is 13.2 Å². The van der Waals surface area contributed by atoms with Crippen LogP contribution in [0.15, 0.2) is 18.3 Å². The van der Waals surface area contributed by atoms with E-state index < -0.39 is 29.7 Å². The second kappa shape index (κ2) is 7.26. The minimum absolute atomic E-state index is 0.0744.